The normalized spacial score (nSPS) is 13.5. The van der Waals surface area contributed by atoms with Gasteiger partial charge in [-0.2, -0.15) is 0 Å². The van der Waals surface area contributed by atoms with Gasteiger partial charge in [0.2, 0.25) is 0 Å². The average molecular weight is 413 g/mol. The number of carbonyl (C=O) groups is 2. The van der Waals surface area contributed by atoms with Gasteiger partial charge >= 0.3 is 11.9 Å². The molecule has 2 unspecified atom stereocenters. The lowest BCUT2D eigenvalue weighted by molar-refractivity contribution is -0.145. The molecule has 0 fully saturated rings. The van der Waals surface area contributed by atoms with E-state index in [2.05, 4.69) is 41.5 Å². The van der Waals surface area contributed by atoms with Crippen molar-refractivity contribution in [1.29, 1.82) is 0 Å². The van der Waals surface area contributed by atoms with E-state index in [1.807, 2.05) is 0 Å². The third-order valence-electron chi connectivity index (χ3n) is 5.47. The summed E-state index contributed by atoms with van der Waals surface area (Å²) in [6, 6.07) is 0. The summed E-state index contributed by atoms with van der Waals surface area (Å²) in [4.78, 5) is 23.6. The second-order valence-corrected chi connectivity index (χ2v) is 9.73. The fraction of sp³-hybridized carbons (Fsp3) is 0.920. The van der Waals surface area contributed by atoms with Crippen LogP contribution in [0.15, 0.2) is 0 Å². The Kier molecular flexibility index (Phi) is 17.1. The van der Waals surface area contributed by atoms with E-state index in [4.69, 9.17) is 9.47 Å². The first-order chi connectivity index (χ1) is 13.7. The van der Waals surface area contributed by atoms with E-state index < -0.39 is 0 Å². The molecule has 2 atom stereocenters. The van der Waals surface area contributed by atoms with Crippen LogP contribution >= 0.6 is 0 Å². The van der Waals surface area contributed by atoms with Gasteiger partial charge in [0.05, 0.1) is 13.2 Å². The molecule has 172 valence electrons. The first-order valence-corrected chi connectivity index (χ1v) is 12.0. The fourth-order valence-electron chi connectivity index (χ4n) is 3.31. The molecule has 0 aliphatic heterocycles. The van der Waals surface area contributed by atoms with Crippen LogP contribution in [0, 0.1) is 23.7 Å². The Morgan fingerprint density at radius 1 is 0.552 bits per heavy atom. The molecule has 0 aromatic heterocycles. The maximum absolute atomic E-state index is 11.8. The molecule has 0 amide bonds. The highest BCUT2D eigenvalue weighted by atomic mass is 16.5. The summed E-state index contributed by atoms with van der Waals surface area (Å²) in [6.07, 6.45) is 10.3. The minimum atomic E-state index is -0.203. The molecule has 0 heterocycles. The average Bonchev–Trinajstić information content (AvgIpc) is 2.61. The van der Waals surface area contributed by atoms with Crippen LogP contribution in [0.5, 0.6) is 0 Å². The largest absolute Gasteiger partial charge is 0.466 e. The molecule has 0 aliphatic carbocycles. The van der Waals surface area contributed by atoms with Crippen LogP contribution < -0.4 is 0 Å². The van der Waals surface area contributed by atoms with Gasteiger partial charge in [0, 0.05) is 12.8 Å². The number of hydrogen-bond donors (Lipinski definition) is 0. The maximum Gasteiger partial charge on any atom is 0.305 e. The summed E-state index contributed by atoms with van der Waals surface area (Å²) in [7, 11) is 0. The van der Waals surface area contributed by atoms with Gasteiger partial charge in [-0.15, -0.1) is 0 Å². The minimum absolute atomic E-state index is 0.203. The molecule has 29 heavy (non-hydrogen) atoms. The molecule has 0 saturated carbocycles. The van der Waals surface area contributed by atoms with Crippen LogP contribution in [0.4, 0.5) is 0 Å². The zero-order valence-corrected chi connectivity index (χ0v) is 20.1. The van der Waals surface area contributed by atoms with Crippen molar-refractivity contribution in [3.63, 3.8) is 0 Å². The van der Waals surface area contributed by atoms with Crippen LogP contribution in [0.3, 0.4) is 0 Å². The highest BCUT2D eigenvalue weighted by Crippen LogP contribution is 2.16. The monoisotopic (exact) mass is 412 g/mol. The van der Waals surface area contributed by atoms with Gasteiger partial charge in [-0.1, -0.05) is 80.1 Å². The van der Waals surface area contributed by atoms with Crippen LogP contribution in [-0.2, 0) is 19.1 Å². The molecule has 4 heteroatoms. The van der Waals surface area contributed by atoms with E-state index in [9.17, 15) is 9.59 Å². The van der Waals surface area contributed by atoms with E-state index in [-0.39, 0.29) is 11.9 Å². The van der Waals surface area contributed by atoms with Crippen molar-refractivity contribution < 1.29 is 19.1 Å². The van der Waals surface area contributed by atoms with Crippen LogP contribution in [0.1, 0.15) is 112 Å². The Balaban J connectivity index is 3.59. The summed E-state index contributed by atoms with van der Waals surface area (Å²) in [5, 5.41) is 0. The Hall–Kier alpha value is -1.06. The molecule has 0 radical (unpaired) electrons. The minimum Gasteiger partial charge on any atom is -0.466 e. The summed E-state index contributed by atoms with van der Waals surface area (Å²) < 4.78 is 10.6. The van der Waals surface area contributed by atoms with Gasteiger partial charge in [-0.05, 0) is 42.9 Å². The van der Waals surface area contributed by atoms with Crippen LogP contribution in [0.25, 0.3) is 0 Å². The zero-order chi connectivity index (χ0) is 22.1. The van der Waals surface area contributed by atoms with Gasteiger partial charge in [0.1, 0.15) is 0 Å². The summed E-state index contributed by atoms with van der Waals surface area (Å²) in [5.41, 5.74) is 0. The Morgan fingerprint density at radius 3 is 1.28 bits per heavy atom. The molecular weight excluding hydrogens is 364 g/mol. The van der Waals surface area contributed by atoms with Crippen LogP contribution in [0.2, 0.25) is 0 Å². The Bertz CT molecular complexity index is 379. The number of ether oxygens (including phenoxy) is 2. The predicted molar refractivity (Wildman–Crippen MR) is 121 cm³/mol. The highest BCUT2D eigenvalue weighted by Gasteiger charge is 2.10. The summed E-state index contributed by atoms with van der Waals surface area (Å²) >= 11 is 0. The van der Waals surface area contributed by atoms with E-state index in [1.54, 1.807) is 0 Å². The van der Waals surface area contributed by atoms with Gasteiger partial charge in [-0.25, -0.2) is 0 Å². The number of rotatable bonds is 18. The van der Waals surface area contributed by atoms with Crippen molar-refractivity contribution in [1.82, 2.24) is 0 Å². The van der Waals surface area contributed by atoms with Crippen molar-refractivity contribution in [3.8, 4) is 0 Å². The maximum atomic E-state index is 11.8. The van der Waals surface area contributed by atoms with Crippen molar-refractivity contribution in [3.05, 3.63) is 0 Å². The quantitative estimate of drug-likeness (QED) is 0.229. The highest BCUT2D eigenvalue weighted by molar-refractivity contribution is 5.72. The molecule has 0 aromatic rings. The number of hydrogen-bond acceptors (Lipinski definition) is 4. The van der Waals surface area contributed by atoms with Gasteiger partial charge in [0.15, 0.2) is 0 Å². The van der Waals surface area contributed by atoms with Crippen molar-refractivity contribution in [2.45, 2.75) is 112 Å². The molecule has 0 rings (SSSR count). The summed E-state index contributed by atoms with van der Waals surface area (Å²) in [5.74, 6) is 2.28. The number of esters is 2. The second kappa shape index (κ2) is 17.8. The Labute approximate surface area is 180 Å². The van der Waals surface area contributed by atoms with Crippen LogP contribution in [-0.4, -0.2) is 25.2 Å². The van der Waals surface area contributed by atoms with E-state index >= 15 is 0 Å². The topological polar surface area (TPSA) is 52.6 Å². The lowest BCUT2D eigenvalue weighted by atomic mass is 9.98. The molecule has 0 bridgehead atoms. The van der Waals surface area contributed by atoms with Gasteiger partial charge < -0.3 is 9.47 Å². The predicted octanol–water partition coefficient (Wildman–Crippen LogP) is 6.95. The summed E-state index contributed by atoms with van der Waals surface area (Å²) in [6.45, 7) is 14.4. The fourth-order valence-corrected chi connectivity index (χ4v) is 3.31. The SMILES string of the molecule is CC(C)CCCC(C)CCOC(=O)CCCC(=O)OCCC(C)CCCC(C)C. The van der Waals surface area contributed by atoms with Crippen molar-refractivity contribution in [2.24, 2.45) is 23.7 Å². The van der Waals surface area contributed by atoms with E-state index in [1.165, 1.54) is 38.5 Å². The standard InChI is InChI=1S/C25H48O4/c1-20(2)10-7-12-22(5)16-18-28-24(26)14-9-15-25(27)29-19-17-23(6)13-8-11-21(3)4/h20-23H,7-19H2,1-6H3. The van der Waals surface area contributed by atoms with Gasteiger partial charge in [0.25, 0.3) is 0 Å². The molecule has 0 saturated heterocycles. The molecule has 0 aliphatic rings. The third kappa shape index (κ3) is 20.0. The van der Waals surface area contributed by atoms with Crippen molar-refractivity contribution >= 4 is 11.9 Å². The molecular formula is C25H48O4. The zero-order valence-electron chi connectivity index (χ0n) is 20.1. The molecule has 0 spiro atoms. The second-order valence-electron chi connectivity index (χ2n) is 9.73. The first kappa shape index (κ1) is 27.9. The molecule has 0 N–H and O–H groups in total. The Morgan fingerprint density at radius 2 is 0.931 bits per heavy atom. The third-order valence-corrected chi connectivity index (χ3v) is 5.47. The number of carbonyl (C=O) groups excluding carboxylic acids is 2. The molecule has 4 nitrogen and oxygen atoms in total. The lowest BCUT2D eigenvalue weighted by Gasteiger charge is -2.13. The van der Waals surface area contributed by atoms with E-state index in [0.29, 0.717) is 44.3 Å². The first-order valence-electron chi connectivity index (χ1n) is 12.0. The van der Waals surface area contributed by atoms with Crippen molar-refractivity contribution in [2.75, 3.05) is 13.2 Å². The van der Waals surface area contributed by atoms with Gasteiger partial charge in [-0.3, -0.25) is 9.59 Å². The molecule has 0 aromatic carbocycles. The lowest BCUT2D eigenvalue weighted by Crippen LogP contribution is -2.11. The van der Waals surface area contributed by atoms with E-state index in [0.717, 1.165) is 24.7 Å². The smallest absolute Gasteiger partial charge is 0.305 e.